The summed E-state index contributed by atoms with van der Waals surface area (Å²) in [4.78, 5) is 37.3. The molecule has 222 valence electrons. The Morgan fingerprint density at radius 1 is 1.02 bits per heavy atom. The first-order valence-corrected chi connectivity index (χ1v) is 14.6. The maximum absolute atomic E-state index is 13.2. The van der Waals surface area contributed by atoms with Crippen LogP contribution in [0.3, 0.4) is 0 Å². The first kappa shape index (κ1) is 33.0. The van der Waals surface area contributed by atoms with Crippen LogP contribution in [0, 0.1) is 3.57 Å². The van der Waals surface area contributed by atoms with Crippen molar-refractivity contribution in [3.8, 4) is 17.2 Å². The lowest BCUT2D eigenvalue weighted by Crippen LogP contribution is -2.50. The third-order valence-electron chi connectivity index (χ3n) is 5.56. The molecule has 0 radical (unpaired) electrons. The summed E-state index contributed by atoms with van der Waals surface area (Å²) in [5.74, 6) is -0.635. The third kappa shape index (κ3) is 10.1. The molecule has 0 fully saturated rings. The van der Waals surface area contributed by atoms with Crippen LogP contribution in [0.25, 0.3) is 0 Å². The number of amides is 3. The van der Waals surface area contributed by atoms with Crippen molar-refractivity contribution >= 4 is 69.7 Å². The van der Waals surface area contributed by atoms with E-state index in [2.05, 4.69) is 15.8 Å². The number of ether oxygens (including phenoxy) is 3. The zero-order valence-electron chi connectivity index (χ0n) is 22.7. The van der Waals surface area contributed by atoms with Crippen LogP contribution in [0.15, 0.2) is 65.8 Å². The van der Waals surface area contributed by atoms with E-state index in [-0.39, 0.29) is 23.8 Å². The van der Waals surface area contributed by atoms with Gasteiger partial charge in [0.1, 0.15) is 11.8 Å². The highest BCUT2D eigenvalue weighted by atomic mass is 127. The summed E-state index contributed by atoms with van der Waals surface area (Å²) in [5.41, 5.74) is 9.11. The van der Waals surface area contributed by atoms with Crippen LogP contribution in [0.4, 0.5) is 0 Å². The monoisotopic (exact) mass is 726 g/mol. The Balaban J connectivity index is 1.73. The van der Waals surface area contributed by atoms with Crippen LogP contribution in [0.5, 0.6) is 17.2 Å². The van der Waals surface area contributed by atoms with Crippen molar-refractivity contribution < 1.29 is 28.6 Å². The molecule has 0 unspecified atom stereocenters. The van der Waals surface area contributed by atoms with Crippen molar-refractivity contribution in [1.29, 1.82) is 0 Å². The smallest absolute Gasteiger partial charge is 0.262 e. The molecule has 3 aromatic carbocycles. The number of rotatable bonds is 14. The van der Waals surface area contributed by atoms with Gasteiger partial charge in [-0.05, 0) is 77.9 Å². The number of carbonyl (C=O) groups excluding carboxylic acids is 3. The second-order valence-electron chi connectivity index (χ2n) is 8.84. The maximum Gasteiger partial charge on any atom is 0.262 e. The average molecular weight is 727 g/mol. The van der Waals surface area contributed by atoms with Gasteiger partial charge >= 0.3 is 0 Å². The van der Waals surface area contributed by atoms with E-state index in [1.165, 1.54) is 12.3 Å². The van der Waals surface area contributed by atoms with Gasteiger partial charge in [0.05, 0.1) is 21.4 Å². The van der Waals surface area contributed by atoms with Gasteiger partial charge < -0.3 is 25.3 Å². The lowest BCUT2D eigenvalue weighted by atomic mass is 10.1. The van der Waals surface area contributed by atoms with Gasteiger partial charge in [0.2, 0.25) is 0 Å². The van der Waals surface area contributed by atoms with Crippen LogP contribution in [-0.2, 0) is 20.8 Å². The second kappa shape index (κ2) is 16.2. The van der Waals surface area contributed by atoms with Crippen molar-refractivity contribution in [3.63, 3.8) is 0 Å². The zero-order chi connectivity index (χ0) is 30.6. The van der Waals surface area contributed by atoms with E-state index in [0.29, 0.717) is 32.3 Å². The Kier molecular flexibility index (Phi) is 12.7. The molecule has 0 saturated heterocycles. The molecule has 0 aliphatic carbocycles. The predicted molar refractivity (Wildman–Crippen MR) is 169 cm³/mol. The Morgan fingerprint density at radius 2 is 1.76 bits per heavy atom. The van der Waals surface area contributed by atoms with Gasteiger partial charge in [-0.15, -0.1) is 0 Å². The molecule has 3 rings (SSSR count). The number of hydrogen-bond acceptors (Lipinski definition) is 7. The van der Waals surface area contributed by atoms with Crippen molar-refractivity contribution in [2.24, 2.45) is 10.8 Å². The molecule has 4 N–H and O–H groups in total. The molecular weight excluding hydrogens is 698 g/mol. The van der Waals surface area contributed by atoms with E-state index in [1.807, 2.05) is 59.8 Å². The fourth-order valence-electron chi connectivity index (χ4n) is 3.62. The van der Waals surface area contributed by atoms with E-state index in [0.717, 1.165) is 5.56 Å². The molecule has 2 atom stereocenters. The van der Waals surface area contributed by atoms with Gasteiger partial charge in [-0.2, -0.15) is 5.10 Å². The molecule has 0 aliphatic heterocycles. The highest BCUT2D eigenvalue weighted by Crippen LogP contribution is 2.34. The number of carbonyl (C=O) groups is 3. The quantitative estimate of drug-likeness (QED) is 0.127. The number of nitrogens with zero attached hydrogens (tertiary/aromatic N) is 1. The first-order chi connectivity index (χ1) is 20.1. The van der Waals surface area contributed by atoms with Crippen molar-refractivity contribution in [1.82, 2.24) is 10.7 Å². The molecule has 13 heteroatoms. The molecule has 3 aromatic rings. The molecular formula is C29H29Cl2IN4O6. The normalized spacial score (nSPS) is 12.3. The van der Waals surface area contributed by atoms with Crippen LogP contribution >= 0.6 is 45.8 Å². The van der Waals surface area contributed by atoms with E-state index in [1.54, 1.807) is 31.2 Å². The van der Waals surface area contributed by atoms with Crippen LogP contribution in [-0.4, -0.2) is 49.3 Å². The SMILES string of the molecule is CCOc1cc(/C=N\NC(=O)[C@@H](Cc2ccccc2)NC(=O)[C@H](C)Oc2ccc(Cl)cc2Cl)cc(I)c1OCC(N)=O. The minimum absolute atomic E-state index is 0.209. The molecule has 0 saturated carbocycles. The minimum Gasteiger partial charge on any atom is -0.490 e. The molecule has 42 heavy (non-hydrogen) atoms. The number of primary amides is 1. The van der Waals surface area contributed by atoms with E-state index in [9.17, 15) is 14.4 Å². The second-order valence-corrected chi connectivity index (χ2v) is 10.8. The van der Waals surface area contributed by atoms with Crippen molar-refractivity contribution in [2.75, 3.05) is 13.2 Å². The molecule has 0 heterocycles. The Labute approximate surface area is 267 Å². The van der Waals surface area contributed by atoms with Gasteiger partial charge in [0.25, 0.3) is 17.7 Å². The van der Waals surface area contributed by atoms with Gasteiger partial charge in [-0.1, -0.05) is 53.5 Å². The standard InChI is InChI=1S/C29H29Cl2IN4O6/c1-3-40-25-13-19(11-22(32)27(25)41-16-26(33)37)15-34-36-29(39)23(12-18-7-5-4-6-8-18)35-28(38)17(2)42-24-10-9-20(30)14-21(24)31/h4-11,13-15,17,23H,3,12,16H2,1-2H3,(H2,33,37)(H,35,38)(H,36,39)/b34-15-/t17-,23+/m0/s1. The number of halogens is 3. The topological polar surface area (TPSA) is 141 Å². The number of nitrogens with one attached hydrogen (secondary N) is 2. The van der Waals surface area contributed by atoms with Gasteiger partial charge in [0.15, 0.2) is 24.2 Å². The lowest BCUT2D eigenvalue weighted by molar-refractivity contribution is -0.132. The number of hydrogen-bond donors (Lipinski definition) is 3. The van der Waals surface area contributed by atoms with Crippen molar-refractivity contribution in [3.05, 3.63) is 85.4 Å². The summed E-state index contributed by atoms with van der Waals surface area (Å²) < 4.78 is 17.5. The van der Waals surface area contributed by atoms with Gasteiger partial charge in [-0.25, -0.2) is 5.43 Å². The fraction of sp³-hybridized carbons (Fsp3) is 0.241. The Bertz CT molecular complexity index is 1440. The van der Waals surface area contributed by atoms with Gasteiger partial charge in [0, 0.05) is 11.4 Å². The van der Waals surface area contributed by atoms with Gasteiger partial charge in [-0.3, -0.25) is 14.4 Å². The third-order valence-corrected chi connectivity index (χ3v) is 6.89. The molecule has 3 amide bonds. The number of hydrazone groups is 1. The summed E-state index contributed by atoms with van der Waals surface area (Å²) in [7, 11) is 0. The van der Waals surface area contributed by atoms with Crippen molar-refractivity contribution in [2.45, 2.75) is 32.4 Å². The molecule has 10 nitrogen and oxygen atoms in total. The maximum atomic E-state index is 13.2. The summed E-state index contributed by atoms with van der Waals surface area (Å²) in [6.45, 7) is 3.41. The number of benzene rings is 3. The Hall–Kier alpha value is -3.55. The van der Waals surface area contributed by atoms with Crippen LogP contribution in [0.2, 0.25) is 10.0 Å². The summed E-state index contributed by atoms with van der Waals surface area (Å²) >= 11 is 14.1. The van der Waals surface area contributed by atoms with E-state index in [4.69, 9.17) is 43.1 Å². The number of nitrogens with two attached hydrogens (primary N) is 1. The van der Waals surface area contributed by atoms with E-state index < -0.39 is 29.9 Å². The lowest BCUT2D eigenvalue weighted by Gasteiger charge is -2.21. The Morgan fingerprint density at radius 3 is 2.43 bits per heavy atom. The van der Waals surface area contributed by atoms with Crippen LogP contribution in [0.1, 0.15) is 25.0 Å². The molecule has 0 aromatic heterocycles. The van der Waals surface area contributed by atoms with Crippen LogP contribution < -0.4 is 30.7 Å². The highest BCUT2D eigenvalue weighted by molar-refractivity contribution is 14.1. The molecule has 0 bridgehead atoms. The first-order valence-electron chi connectivity index (χ1n) is 12.7. The minimum atomic E-state index is -0.965. The zero-order valence-corrected chi connectivity index (χ0v) is 26.4. The average Bonchev–Trinajstić information content (AvgIpc) is 2.94. The molecule has 0 spiro atoms. The highest BCUT2D eigenvalue weighted by Gasteiger charge is 2.25. The summed E-state index contributed by atoms with van der Waals surface area (Å²) in [5, 5.41) is 7.50. The predicted octanol–water partition coefficient (Wildman–Crippen LogP) is 4.51. The van der Waals surface area contributed by atoms with E-state index >= 15 is 0 Å². The molecule has 0 aliphatic rings. The fourth-order valence-corrected chi connectivity index (χ4v) is 4.85. The summed E-state index contributed by atoms with van der Waals surface area (Å²) in [6.07, 6.45) is 0.670. The summed E-state index contributed by atoms with van der Waals surface area (Å²) in [6, 6.07) is 16.3. The largest absolute Gasteiger partial charge is 0.490 e.